The van der Waals surface area contributed by atoms with Crippen LogP contribution >= 0.6 is 0 Å². The molecule has 31 heavy (non-hydrogen) atoms. The summed E-state index contributed by atoms with van der Waals surface area (Å²) in [5.74, 6) is 0. The smallest absolute Gasteiger partial charge is 0.379 e. The van der Waals surface area contributed by atoms with Gasteiger partial charge in [0.1, 0.15) is 6.23 Å². The number of benzene rings is 2. The van der Waals surface area contributed by atoms with Crippen molar-refractivity contribution in [2.24, 2.45) is 0 Å². The molecule has 2 aromatic carbocycles. The summed E-state index contributed by atoms with van der Waals surface area (Å²) < 4.78 is 63.8. The molecule has 4 nitrogen and oxygen atoms in total. The van der Waals surface area contributed by atoms with Gasteiger partial charge in [0, 0.05) is 13.1 Å². The minimum atomic E-state index is -5.46. The molecule has 0 aromatic heterocycles. The number of halogens is 3. The van der Waals surface area contributed by atoms with Gasteiger partial charge >= 0.3 is 5.51 Å². The van der Waals surface area contributed by atoms with Crippen molar-refractivity contribution in [3.05, 3.63) is 70.3 Å². The quantitative estimate of drug-likeness (QED) is 0.616. The van der Waals surface area contributed by atoms with Gasteiger partial charge in [-0.25, -0.2) is 8.42 Å². The number of piperidine rings is 1. The highest BCUT2D eigenvalue weighted by Crippen LogP contribution is 2.41. The lowest BCUT2D eigenvalue weighted by Gasteiger charge is -2.32. The molecule has 2 aliphatic rings. The lowest BCUT2D eigenvalue weighted by molar-refractivity contribution is -0.0436. The molecule has 0 amide bonds. The molecule has 1 heterocycles. The van der Waals surface area contributed by atoms with Crippen LogP contribution in [0.5, 0.6) is 0 Å². The number of hydrogen-bond acceptors (Lipinski definition) is 4. The second-order valence-corrected chi connectivity index (χ2v) is 9.71. The van der Waals surface area contributed by atoms with Gasteiger partial charge in [0.05, 0.1) is 4.90 Å². The summed E-state index contributed by atoms with van der Waals surface area (Å²) in [5.41, 5.74) is -0.630. The molecule has 1 saturated heterocycles. The fraction of sp³-hybridized carbons (Fsp3) is 0.304. The summed E-state index contributed by atoms with van der Waals surface area (Å²) >= 11 is 0. The van der Waals surface area contributed by atoms with E-state index in [9.17, 15) is 26.7 Å². The van der Waals surface area contributed by atoms with Crippen LogP contribution in [0.3, 0.4) is 0 Å². The van der Waals surface area contributed by atoms with Crippen LogP contribution in [-0.4, -0.2) is 43.2 Å². The molecule has 1 unspecified atom stereocenters. The van der Waals surface area contributed by atoms with E-state index in [0.717, 1.165) is 34.4 Å². The minimum absolute atomic E-state index is 0.479. The zero-order valence-corrected chi connectivity index (χ0v) is 17.7. The van der Waals surface area contributed by atoms with Gasteiger partial charge in [0.15, 0.2) is 0 Å². The van der Waals surface area contributed by atoms with Gasteiger partial charge in [0.25, 0.3) is 9.84 Å². The van der Waals surface area contributed by atoms with Crippen molar-refractivity contribution >= 4 is 27.6 Å². The van der Waals surface area contributed by atoms with E-state index in [2.05, 4.69) is 0 Å². The monoisotopic (exact) mass is 449 g/mol. The van der Waals surface area contributed by atoms with E-state index in [0.29, 0.717) is 37.1 Å². The number of fused-ring (bicyclic) bond motifs is 2. The van der Waals surface area contributed by atoms with Gasteiger partial charge in [-0.3, -0.25) is 4.90 Å². The summed E-state index contributed by atoms with van der Waals surface area (Å²) in [6.45, 7) is 2.93. The van der Waals surface area contributed by atoms with Gasteiger partial charge in [-0.15, -0.1) is 0 Å². The predicted molar refractivity (Wildman–Crippen MR) is 114 cm³/mol. The molecule has 1 atom stereocenters. The van der Waals surface area contributed by atoms with Gasteiger partial charge in [-0.2, -0.15) is 13.2 Å². The van der Waals surface area contributed by atoms with Crippen molar-refractivity contribution in [2.45, 2.75) is 36.4 Å². The van der Waals surface area contributed by atoms with E-state index in [1.165, 1.54) is 6.07 Å². The van der Waals surface area contributed by atoms with Crippen molar-refractivity contribution < 1.29 is 26.7 Å². The highest BCUT2D eigenvalue weighted by atomic mass is 32.2. The average molecular weight is 449 g/mol. The number of aliphatic hydroxyl groups is 1. The maximum Gasteiger partial charge on any atom is 0.501 e. The third-order valence-corrected chi connectivity index (χ3v) is 7.35. The minimum Gasteiger partial charge on any atom is -0.379 e. The van der Waals surface area contributed by atoms with E-state index in [4.69, 9.17) is 0 Å². The Labute approximate surface area is 179 Å². The van der Waals surface area contributed by atoms with Crippen LogP contribution in [0, 0.1) is 0 Å². The maximum atomic E-state index is 13.2. The van der Waals surface area contributed by atoms with E-state index in [1.807, 2.05) is 35.2 Å². The first kappa shape index (κ1) is 21.8. The van der Waals surface area contributed by atoms with Crippen molar-refractivity contribution in [1.29, 1.82) is 0 Å². The first-order valence-electron chi connectivity index (χ1n) is 9.97. The summed E-state index contributed by atoms with van der Waals surface area (Å²) in [6, 6.07) is 11.2. The highest BCUT2D eigenvalue weighted by molar-refractivity contribution is 7.92. The first-order chi connectivity index (χ1) is 14.6. The lowest BCUT2D eigenvalue weighted by atomic mass is 9.86. The standard InChI is InChI=1S/C23H22F3NO3S/c1-15(28)27-12-10-18(11-13-27)22-20-5-3-2-4-16(20)6-7-17-8-9-19(14-21(17)22)31(29,30)23(24,25)26/h2-9,14-15,28H,10-13H2,1H3. The number of alkyl halides is 3. The van der Waals surface area contributed by atoms with E-state index in [1.54, 1.807) is 13.0 Å². The number of aliphatic hydroxyl groups excluding tert-OH is 1. The average Bonchev–Trinajstić information content (AvgIpc) is 2.89. The molecule has 0 saturated carbocycles. The number of nitrogens with zero attached hydrogens (tertiary/aromatic N) is 1. The molecular weight excluding hydrogens is 427 g/mol. The Morgan fingerprint density at radius 3 is 2.19 bits per heavy atom. The largest absolute Gasteiger partial charge is 0.501 e. The SMILES string of the molecule is CC(O)N1CCC(=C2c3ccccc3C=Cc3ccc(S(=O)(=O)C(F)(F)F)cc32)CC1. The summed E-state index contributed by atoms with van der Waals surface area (Å²) in [4.78, 5) is 1.17. The fourth-order valence-corrected chi connectivity index (χ4v) is 4.98. The van der Waals surface area contributed by atoms with Gasteiger partial charge in [0.2, 0.25) is 0 Å². The molecule has 0 spiro atoms. The van der Waals surface area contributed by atoms with Crippen molar-refractivity contribution in [1.82, 2.24) is 4.90 Å². The number of sulfone groups is 1. The van der Waals surface area contributed by atoms with E-state index in [-0.39, 0.29) is 0 Å². The number of likely N-dealkylation sites (tertiary alicyclic amines) is 1. The van der Waals surface area contributed by atoms with E-state index < -0.39 is 26.5 Å². The predicted octanol–water partition coefficient (Wildman–Crippen LogP) is 4.70. The first-order valence-corrected chi connectivity index (χ1v) is 11.5. The molecule has 1 N–H and O–H groups in total. The van der Waals surface area contributed by atoms with Crippen LogP contribution in [0.15, 0.2) is 52.9 Å². The number of hydrogen-bond donors (Lipinski definition) is 1. The zero-order chi connectivity index (χ0) is 22.4. The molecule has 2 aromatic rings. The highest BCUT2D eigenvalue weighted by Gasteiger charge is 2.47. The molecule has 164 valence electrons. The van der Waals surface area contributed by atoms with E-state index >= 15 is 0 Å². The topological polar surface area (TPSA) is 57.6 Å². The van der Waals surface area contributed by atoms with Gasteiger partial charge < -0.3 is 5.11 Å². The third-order valence-electron chi connectivity index (χ3n) is 5.87. The second-order valence-electron chi connectivity index (χ2n) is 7.77. The van der Waals surface area contributed by atoms with Crippen molar-refractivity contribution in [2.75, 3.05) is 13.1 Å². The zero-order valence-electron chi connectivity index (χ0n) is 16.9. The van der Waals surface area contributed by atoms with Crippen LogP contribution in [0.1, 0.15) is 42.0 Å². The van der Waals surface area contributed by atoms with Crippen LogP contribution in [0.4, 0.5) is 13.2 Å². The van der Waals surface area contributed by atoms with Crippen LogP contribution in [0.25, 0.3) is 17.7 Å². The number of rotatable bonds is 2. The fourth-order valence-electron chi connectivity index (χ4n) is 4.19. The second kappa shape index (κ2) is 7.93. The Balaban J connectivity index is 1.92. The van der Waals surface area contributed by atoms with Crippen LogP contribution in [-0.2, 0) is 9.84 Å². The van der Waals surface area contributed by atoms with Crippen LogP contribution < -0.4 is 0 Å². The molecule has 4 rings (SSSR count). The Hall–Kier alpha value is -2.42. The van der Waals surface area contributed by atoms with Gasteiger partial charge in [-0.05, 0) is 59.7 Å². The Bertz CT molecular complexity index is 1170. The molecule has 1 fully saturated rings. The molecule has 1 aliphatic carbocycles. The van der Waals surface area contributed by atoms with Gasteiger partial charge in [-0.1, -0.05) is 48.1 Å². The maximum absolute atomic E-state index is 13.2. The molecule has 0 radical (unpaired) electrons. The normalized spacial score (nSPS) is 18.4. The summed E-state index contributed by atoms with van der Waals surface area (Å²) in [5, 5.41) is 9.86. The Kier molecular flexibility index (Phi) is 5.57. The Morgan fingerprint density at radius 2 is 1.58 bits per heavy atom. The lowest BCUT2D eigenvalue weighted by Crippen LogP contribution is -2.38. The molecule has 0 bridgehead atoms. The summed E-state index contributed by atoms with van der Waals surface area (Å²) in [7, 11) is -5.46. The molecule has 1 aliphatic heterocycles. The Morgan fingerprint density at radius 1 is 0.968 bits per heavy atom. The molecule has 8 heteroatoms. The molecular formula is C23H22F3NO3S. The van der Waals surface area contributed by atoms with Crippen LogP contribution in [0.2, 0.25) is 0 Å². The van der Waals surface area contributed by atoms with Crippen molar-refractivity contribution in [3.8, 4) is 0 Å². The van der Waals surface area contributed by atoms with Crippen molar-refractivity contribution in [3.63, 3.8) is 0 Å². The third kappa shape index (κ3) is 3.95. The summed E-state index contributed by atoms with van der Waals surface area (Å²) in [6.07, 6.45) is 4.38.